The van der Waals surface area contributed by atoms with Gasteiger partial charge in [0.25, 0.3) is 0 Å². The van der Waals surface area contributed by atoms with Gasteiger partial charge >= 0.3 is 5.97 Å². The van der Waals surface area contributed by atoms with Crippen LogP contribution in [0.1, 0.15) is 48.9 Å². The van der Waals surface area contributed by atoms with Gasteiger partial charge in [-0.3, -0.25) is 4.79 Å². The smallest absolute Gasteiger partial charge is 0.338 e. The highest BCUT2D eigenvalue weighted by Gasteiger charge is 2.42. The molecule has 2 aromatic rings. The van der Waals surface area contributed by atoms with E-state index in [2.05, 4.69) is 4.90 Å². The van der Waals surface area contributed by atoms with Crippen LogP contribution in [0.5, 0.6) is 0 Å². The number of hydrogen-bond donors (Lipinski definition) is 0. The van der Waals surface area contributed by atoms with Gasteiger partial charge in [-0.25, -0.2) is 9.79 Å². The lowest BCUT2D eigenvalue weighted by molar-refractivity contribution is -0.139. The van der Waals surface area contributed by atoms with E-state index >= 15 is 0 Å². The van der Waals surface area contributed by atoms with Gasteiger partial charge in [-0.15, -0.1) is 0 Å². The van der Waals surface area contributed by atoms with Gasteiger partial charge in [0.1, 0.15) is 0 Å². The number of rotatable bonds is 6. The third kappa shape index (κ3) is 4.65. The highest BCUT2D eigenvalue weighted by molar-refractivity contribution is 8.16. The minimum absolute atomic E-state index is 0.119. The summed E-state index contributed by atoms with van der Waals surface area (Å²) in [5.41, 5.74) is 4.94. The minimum atomic E-state index is -0.440. The van der Waals surface area contributed by atoms with Crippen LogP contribution in [0.3, 0.4) is 0 Å². The van der Waals surface area contributed by atoms with E-state index in [1.54, 1.807) is 0 Å². The molecule has 35 heavy (non-hydrogen) atoms. The minimum Gasteiger partial charge on any atom is -0.463 e. The fourth-order valence-electron chi connectivity index (χ4n) is 4.79. The first-order valence-corrected chi connectivity index (χ1v) is 13.0. The molecule has 5 rings (SSSR count). The van der Waals surface area contributed by atoms with Crippen LogP contribution in [0.4, 0.5) is 0 Å². The predicted octanol–water partition coefficient (Wildman–Crippen LogP) is 5.28. The molecule has 0 aromatic heterocycles. The fourth-order valence-corrected chi connectivity index (χ4v) is 5.70. The molecule has 1 amide bonds. The molecule has 7 heteroatoms. The van der Waals surface area contributed by atoms with Crippen molar-refractivity contribution in [3.05, 3.63) is 88.0 Å². The number of likely N-dealkylation sites (tertiary alicyclic amines) is 1. The van der Waals surface area contributed by atoms with Crippen molar-refractivity contribution in [3.8, 4) is 0 Å². The summed E-state index contributed by atoms with van der Waals surface area (Å²) in [6.07, 6.45) is 2.39. The van der Waals surface area contributed by atoms with Gasteiger partial charge in [-0.1, -0.05) is 71.9 Å². The van der Waals surface area contributed by atoms with Crippen LogP contribution < -0.4 is 0 Å². The largest absolute Gasteiger partial charge is 0.463 e. The number of benzene rings is 2. The number of ether oxygens (including phenoxy) is 1. The molecule has 1 atom stereocenters. The number of aliphatic imine (C=N–C) groups is 1. The lowest BCUT2D eigenvalue weighted by Gasteiger charge is -2.37. The zero-order chi connectivity index (χ0) is 24.4. The number of amides is 1. The zero-order valence-electron chi connectivity index (χ0n) is 20.1. The van der Waals surface area contributed by atoms with Crippen molar-refractivity contribution >= 4 is 34.5 Å². The summed E-state index contributed by atoms with van der Waals surface area (Å²) >= 11 is 1.50. The summed E-state index contributed by atoms with van der Waals surface area (Å²) in [5.74, 6) is -0.268. The van der Waals surface area contributed by atoms with Gasteiger partial charge in [-0.05, 0) is 37.7 Å². The second-order valence-corrected chi connectivity index (χ2v) is 9.75. The number of aryl methyl sites for hydroxylation is 1. The molecule has 0 radical (unpaired) electrons. The van der Waals surface area contributed by atoms with Crippen molar-refractivity contribution in [2.24, 2.45) is 4.99 Å². The van der Waals surface area contributed by atoms with Gasteiger partial charge in [0.05, 0.1) is 30.3 Å². The van der Waals surface area contributed by atoms with E-state index in [0.717, 1.165) is 53.5 Å². The van der Waals surface area contributed by atoms with Crippen LogP contribution >= 0.6 is 11.8 Å². The van der Waals surface area contributed by atoms with Crippen LogP contribution in [0, 0.1) is 6.92 Å². The topological polar surface area (TPSA) is 62.2 Å². The maximum Gasteiger partial charge on any atom is 0.338 e. The highest BCUT2D eigenvalue weighted by Crippen LogP contribution is 2.47. The second kappa shape index (κ2) is 10.1. The Hall–Kier alpha value is -3.32. The normalized spacial score (nSPS) is 19.4. The number of nitrogens with zero attached hydrogens (tertiary/aromatic N) is 3. The Bertz CT molecular complexity index is 1210. The van der Waals surface area contributed by atoms with Gasteiger partial charge in [0, 0.05) is 24.4 Å². The standard InChI is InChI=1S/C28H29N3O3S/c1-3-34-27(33)24-25(20-9-5-4-6-10-20)29-28-31(26(24)21-13-11-19(2)12-14-21)22(18-35-28)17-23(32)30-15-7-8-16-30/h4-6,9-14,18,26H,3,7-8,15-17H2,1-2H3/t26-/m1/s1. The predicted molar refractivity (Wildman–Crippen MR) is 139 cm³/mol. The maximum absolute atomic E-state index is 13.5. The molecule has 6 nitrogen and oxygen atoms in total. The number of fused-ring (bicyclic) bond motifs is 1. The number of hydrogen-bond acceptors (Lipinski definition) is 6. The van der Waals surface area contributed by atoms with Crippen LogP contribution in [0.2, 0.25) is 0 Å². The molecule has 0 saturated carbocycles. The third-order valence-electron chi connectivity index (χ3n) is 6.54. The van der Waals surface area contributed by atoms with Crippen molar-refractivity contribution in [1.29, 1.82) is 0 Å². The molecule has 0 aliphatic carbocycles. The lowest BCUT2D eigenvalue weighted by atomic mass is 9.91. The summed E-state index contributed by atoms with van der Waals surface area (Å²) in [7, 11) is 0. The van der Waals surface area contributed by atoms with Gasteiger partial charge in [-0.2, -0.15) is 0 Å². The fraction of sp³-hybridized carbons (Fsp3) is 0.321. The van der Waals surface area contributed by atoms with E-state index in [1.165, 1.54) is 11.8 Å². The van der Waals surface area contributed by atoms with Crippen molar-refractivity contribution in [2.45, 2.75) is 39.2 Å². The first kappa shape index (κ1) is 23.4. The molecule has 2 aromatic carbocycles. The van der Waals surface area contributed by atoms with Gasteiger partial charge in [0.2, 0.25) is 5.91 Å². The van der Waals surface area contributed by atoms with Gasteiger partial charge in [0.15, 0.2) is 5.17 Å². The van der Waals surface area contributed by atoms with E-state index in [-0.39, 0.29) is 24.9 Å². The van der Waals surface area contributed by atoms with E-state index in [1.807, 2.05) is 78.8 Å². The first-order chi connectivity index (χ1) is 17.1. The zero-order valence-corrected chi connectivity index (χ0v) is 20.9. The molecule has 1 saturated heterocycles. The molecular formula is C28H29N3O3S. The number of carbonyl (C=O) groups excluding carboxylic acids is 2. The van der Waals surface area contributed by atoms with Crippen LogP contribution in [0.25, 0.3) is 5.70 Å². The molecule has 3 aliphatic heterocycles. The van der Waals surface area contributed by atoms with E-state index in [4.69, 9.17) is 9.73 Å². The molecule has 0 bridgehead atoms. The van der Waals surface area contributed by atoms with Crippen molar-refractivity contribution < 1.29 is 14.3 Å². The molecule has 0 unspecified atom stereocenters. The summed E-state index contributed by atoms with van der Waals surface area (Å²) < 4.78 is 5.56. The van der Waals surface area contributed by atoms with E-state index in [9.17, 15) is 9.59 Å². The summed E-state index contributed by atoms with van der Waals surface area (Å²) in [6, 6.07) is 17.5. The average molecular weight is 488 g/mol. The van der Waals surface area contributed by atoms with Crippen LogP contribution in [-0.4, -0.2) is 46.5 Å². The molecule has 0 N–H and O–H groups in total. The molecule has 1 fully saturated rings. The summed E-state index contributed by atoms with van der Waals surface area (Å²) in [6.45, 7) is 5.75. The SMILES string of the molecule is CCOC(=O)C1=C(c2ccccc2)N=C2SC=C(CC(=O)N3CCCC3)N2[C@@H]1c1ccc(C)cc1. The number of esters is 1. The summed E-state index contributed by atoms with van der Waals surface area (Å²) in [5, 5.41) is 2.77. The monoisotopic (exact) mass is 487 g/mol. The Kier molecular flexibility index (Phi) is 6.77. The molecule has 0 spiro atoms. The number of amidine groups is 1. The molecule has 3 aliphatic rings. The third-order valence-corrected chi connectivity index (χ3v) is 7.43. The number of carbonyl (C=O) groups is 2. The second-order valence-electron chi connectivity index (χ2n) is 8.92. The Balaban J connectivity index is 1.62. The van der Waals surface area contributed by atoms with E-state index < -0.39 is 6.04 Å². The lowest BCUT2D eigenvalue weighted by Crippen LogP contribution is -2.38. The van der Waals surface area contributed by atoms with Crippen molar-refractivity contribution in [2.75, 3.05) is 19.7 Å². The molecule has 3 heterocycles. The molecular weight excluding hydrogens is 458 g/mol. The molecule has 180 valence electrons. The van der Waals surface area contributed by atoms with Crippen LogP contribution in [-0.2, 0) is 14.3 Å². The Morgan fingerprint density at radius 1 is 1.06 bits per heavy atom. The highest BCUT2D eigenvalue weighted by atomic mass is 32.2. The van der Waals surface area contributed by atoms with Gasteiger partial charge < -0.3 is 14.5 Å². The number of thioether (sulfide) groups is 1. The van der Waals surface area contributed by atoms with Crippen molar-refractivity contribution in [1.82, 2.24) is 9.80 Å². The van der Waals surface area contributed by atoms with Crippen LogP contribution in [0.15, 0.2) is 76.3 Å². The van der Waals surface area contributed by atoms with Crippen molar-refractivity contribution in [3.63, 3.8) is 0 Å². The maximum atomic E-state index is 13.5. The average Bonchev–Trinajstić information content (AvgIpc) is 3.55. The quantitative estimate of drug-likeness (QED) is 0.519. The Morgan fingerprint density at radius 3 is 2.46 bits per heavy atom. The van der Waals surface area contributed by atoms with E-state index in [0.29, 0.717) is 11.3 Å². The summed E-state index contributed by atoms with van der Waals surface area (Å²) in [4.78, 5) is 35.5. The Labute approximate surface area is 210 Å². The Morgan fingerprint density at radius 2 is 1.77 bits per heavy atom. The first-order valence-electron chi connectivity index (χ1n) is 12.1.